The quantitative estimate of drug-likeness (QED) is 0.847. The Morgan fingerprint density at radius 2 is 2.05 bits per heavy atom. The van der Waals surface area contributed by atoms with Gasteiger partial charge < -0.3 is 9.84 Å². The first-order valence-corrected chi connectivity index (χ1v) is 7.05. The maximum absolute atomic E-state index is 9.23. The van der Waals surface area contributed by atoms with Gasteiger partial charge in [-0.1, -0.05) is 19.3 Å². The molecule has 0 aliphatic heterocycles. The lowest BCUT2D eigenvalue weighted by Gasteiger charge is -2.33. The van der Waals surface area contributed by atoms with Crippen molar-refractivity contribution in [1.82, 2.24) is 15.1 Å². The van der Waals surface area contributed by atoms with Crippen molar-refractivity contribution in [3.8, 4) is 5.88 Å². The molecule has 1 heterocycles. The van der Waals surface area contributed by atoms with Crippen LogP contribution in [0.25, 0.3) is 0 Å². The van der Waals surface area contributed by atoms with Crippen LogP contribution in [0.15, 0.2) is 12.1 Å². The molecule has 0 radical (unpaired) electrons. The average molecular weight is 265 g/mol. The normalized spacial score (nSPS) is 16.8. The largest absolute Gasteiger partial charge is 0.480 e. The van der Waals surface area contributed by atoms with Crippen molar-refractivity contribution in [1.29, 1.82) is 0 Å². The fourth-order valence-corrected chi connectivity index (χ4v) is 2.71. The highest BCUT2D eigenvalue weighted by Crippen LogP contribution is 2.23. The molecule has 1 aliphatic rings. The van der Waals surface area contributed by atoms with Crippen LogP contribution in [0, 0.1) is 0 Å². The van der Waals surface area contributed by atoms with Gasteiger partial charge in [-0.2, -0.15) is 5.10 Å². The maximum Gasteiger partial charge on any atom is 0.233 e. The molecule has 0 atom stereocenters. The first-order valence-electron chi connectivity index (χ1n) is 7.05. The maximum atomic E-state index is 9.23. The van der Waals surface area contributed by atoms with Gasteiger partial charge in [-0.3, -0.25) is 4.90 Å². The Kier molecular flexibility index (Phi) is 5.54. The molecule has 2 rings (SSSR count). The predicted octanol–water partition coefficient (Wildman–Crippen LogP) is 1.61. The number of aromatic nitrogens is 2. The Morgan fingerprint density at radius 1 is 1.26 bits per heavy atom. The van der Waals surface area contributed by atoms with Crippen LogP contribution in [-0.4, -0.2) is 46.5 Å². The van der Waals surface area contributed by atoms with Crippen molar-refractivity contribution in [2.45, 2.75) is 44.7 Å². The molecule has 1 N–H and O–H groups in total. The minimum absolute atomic E-state index is 0.195. The van der Waals surface area contributed by atoms with E-state index in [9.17, 15) is 5.11 Å². The molecule has 0 unspecified atom stereocenters. The first kappa shape index (κ1) is 14.2. The molecule has 0 spiro atoms. The second-order valence-electron chi connectivity index (χ2n) is 5.05. The van der Waals surface area contributed by atoms with Gasteiger partial charge in [0.25, 0.3) is 0 Å². The van der Waals surface area contributed by atoms with Gasteiger partial charge in [0, 0.05) is 25.2 Å². The molecule has 0 saturated heterocycles. The van der Waals surface area contributed by atoms with Crippen molar-refractivity contribution in [2.75, 3.05) is 20.3 Å². The van der Waals surface area contributed by atoms with Crippen LogP contribution in [0.1, 0.15) is 37.8 Å². The lowest BCUT2D eigenvalue weighted by atomic mass is 9.94. The number of aliphatic hydroxyl groups is 1. The van der Waals surface area contributed by atoms with E-state index in [1.807, 2.05) is 12.1 Å². The van der Waals surface area contributed by atoms with Crippen molar-refractivity contribution < 1.29 is 9.84 Å². The molecule has 0 aromatic carbocycles. The summed E-state index contributed by atoms with van der Waals surface area (Å²) in [4.78, 5) is 2.33. The number of methoxy groups -OCH3 is 1. The van der Waals surface area contributed by atoms with E-state index >= 15 is 0 Å². The summed E-state index contributed by atoms with van der Waals surface area (Å²) in [7, 11) is 1.59. The summed E-state index contributed by atoms with van der Waals surface area (Å²) < 4.78 is 5.01. The fourth-order valence-electron chi connectivity index (χ4n) is 2.71. The van der Waals surface area contributed by atoms with Crippen LogP contribution in [0.2, 0.25) is 0 Å². The molecule has 1 fully saturated rings. The highest BCUT2D eigenvalue weighted by Gasteiger charge is 2.21. The molecule has 1 aliphatic carbocycles. The molecule has 0 amide bonds. The minimum Gasteiger partial charge on any atom is -0.480 e. The Labute approximate surface area is 114 Å². The smallest absolute Gasteiger partial charge is 0.233 e. The molecule has 5 nitrogen and oxygen atoms in total. The highest BCUT2D eigenvalue weighted by atomic mass is 16.5. The van der Waals surface area contributed by atoms with Crippen LogP contribution >= 0.6 is 0 Å². The summed E-state index contributed by atoms with van der Waals surface area (Å²) in [5.41, 5.74) is 0.930. The monoisotopic (exact) mass is 265 g/mol. The summed E-state index contributed by atoms with van der Waals surface area (Å²) in [6.07, 6.45) is 6.38. The SMILES string of the molecule is COc1ccc(CN(CCO)C2CCCCC2)nn1. The molecule has 1 aromatic heterocycles. The van der Waals surface area contributed by atoms with Gasteiger partial charge in [0.2, 0.25) is 5.88 Å². The van der Waals surface area contributed by atoms with Crippen LogP contribution in [0.5, 0.6) is 5.88 Å². The summed E-state index contributed by atoms with van der Waals surface area (Å²) in [6.45, 7) is 1.65. The van der Waals surface area contributed by atoms with Gasteiger partial charge in [-0.25, -0.2) is 0 Å². The summed E-state index contributed by atoms with van der Waals surface area (Å²) in [5.74, 6) is 0.537. The van der Waals surface area contributed by atoms with Crippen LogP contribution < -0.4 is 4.74 Å². The van der Waals surface area contributed by atoms with Gasteiger partial charge in [0.05, 0.1) is 19.4 Å². The van der Waals surface area contributed by atoms with Gasteiger partial charge in [-0.05, 0) is 18.9 Å². The Hall–Kier alpha value is -1.20. The third-order valence-electron chi connectivity index (χ3n) is 3.75. The molecular formula is C14H23N3O2. The van der Waals surface area contributed by atoms with E-state index in [4.69, 9.17) is 4.74 Å². The number of ether oxygens (including phenoxy) is 1. The molecule has 106 valence electrons. The highest BCUT2D eigenvalue weighted by molar-refractivity contribution is 5.11. The van der Waals surface area contributed by atoms with Crippen molar-refractivity contribution in [3.63, 3.8) is 0 Å². The van der Waals surface area contributed by atoms with Gasteiger partial charge >= 0.3 is 0 Å². The summed E-state index contributed by atoms with van der Waals surface area (Å²) in [6, 6.07) is 4.35. The minimum atomic E-state index is 0.195. The number of hydrogen-bond acceptors (Lipinski definition) is 5. The van der Waals surface area contributed by atoms with E-state index in [-0.39, 0.29) is 6.61 Å². The van der Waals surface area contributed by atoms with Gasteiger partial charge in [0.1, 0.15) is 0 Å². The van der Waals surface area contributed by atoms with E-state index in [1.165, 1.54) is 32.1 Å². The molecule has 19 heavy (non-hydrogen) atoms. The summed E-state index contributed by atoms with van der Waals surface area (Å²) >= 11 is 0. The van der Waals surface area contributed by atoms with E-state index in [0.29, 0.717) is 18.5 Å². The number of aliphatic hydroxyl groups excluding tert-OH is 1. The molecular weight excluding hydrogens is 242 g/mol. The lowest BCUT2D eigenvalue weighted by Crippen LogP contribution is -2.38. The zero-order chi connectivity index (χ0) is 13.5. The van der Waals surface area contributed by atoms with Crippen molar-refractivity contribution in [3.05, 3.63) is 17.8 Å². The molecule has 0 bridgehead atoms. The standard InChI is InChI=1S/C14H23N3O2/c1-19-14-8-7-12(15-16-14)11-17(9-10-18)13-5-3-2-4-6-13/h7-8,13,18H,2-6,9-11H2,1H3. The Balaban J connectivity index is 1.97. The third kappa shape index (κ3) is 4.14. The third-order valence-corrected chi connectivity index (χ3v) is 3.75. The zero-order valence-corrected chi connectivity index (χ0v) is 11.6. The second kappa shape index (κ2) is 7.40. The summed E-state index contributed by atoms with van der Waals surface area (Å²) in [5, 5.41) is 17.4. The fraction of sp³-hybridized carbons (Fsp3) is 0.714. The van der Waals surface area contributed by atoms with Crippen molar-refractivity contribution >= 4 is 0 Å². The topological polar surface area (TPSA) is 58.5 Å². The van der Waals surface area contributed by atoms with Crippen LogP contribution in [0.4, 0.5) is 0 Å². The number of hydrogen-bond donors (Lipinski definition) is 1. The van der Waals surface area contributed by atoms with E-state index < -0.39 is 0 Å². The molecule has 5 heteroatoms. The number of rotatable bonds is 6. The Morgan fingerprint density at radius 3 is 2.63 bits per heavy atom. The predicted molar refractivity (Wildman–Crippen MR) is 73.0 cm³/mol. The first-order chi connectivity index (χ1) is 9.33. The second-order valence-corrected chi connectivity index (χ2v) is 5.05. The van der Waals surface area contributed by atoms with E-state index in [2.05, 4.69) is 15.1 Å². The van der Waals surface area contributed by atoms with Crippen LogP contribution in [0.3, 0.4) is 0 Å². The average Bonchev–Trinajstić information content (AvgIpc) is 2.48. The van der Waals surface area contributed by atoms with Crippen molar-refractivity contribution in [2.24, 2.45) is 0 Å². The van der Waals surface area contributed by atoms with Crippen LogP contribution in [-0.2, 0) is 6.54 Å². The zero-order valence-electron chi connectivity index (χ0n) is 11.6. The van der Waals surface area contributed by atoms with Gasteiger partial charge in [-0.15, -0.1) is 5.10 Å². The van der Waals surface area contributed by atoms with E-state index in [1.54, 1.807) is 7.11 Å². The molecule has 1 saturated carbocycles. The van der Waals surface area contributed by atoms with E-state index in [0.717, 1.165) is 12.2 Å². The molecule has 1 aromatic rings. The Bertz CT molecular complexity index is 363. The van der Waals surface area contributed by atoms with Gasteiger partial charge in [0.15, 0.2) is 0 Å². The lowest BCUT2D eigenvalue weighted by molar-refractivity contribution is 0.115. The number of nitrogens with zero attached hydrogens (tertiary/aromatic N) is 3.